The molecule has 0 amide bonds. The van der Waals surface area contributed by atoms with Crippen LogP contribution in [0.25, 0.3) is 0 Å². The molecule has 116 valence electrons. The Kier molecular flexibility index (Phi) is 4.84. The Bertz CT molecular complexity index is 498. The number of halogens is 4. The van der Waals surface area contributed by atoms with Gasteiger partial charge in [0.05, 0.1) is 6.04 Å². The summed E-state index contributed by atoms with van der Waals surface area (Å²) < 4.78 is 54.6. The van der Waals surface area contributed by atoms with Crippen LogP contribution in [-0.2, 0) is 0 Å². The van der Waals surface area contributed by atoms with Crippen LogP contribution in [0.3, 0.4) is 0 Å². The first-order chi connectivity index (χ1) is 9.90. The van der Waals surface area contributed by atoms with Gasteiger partial charge in [-0.1, -0.05) is 6.08 Å². The molecule has 3 nitrogen and oxygen atoms in total. The Balaban J connectivity index is 2.27. The van der Waals surface area contributed by atoms with E-state index in [1.165, 1.54) is 6.08 Å². The van der Waals surface area contributed by atoms with E-state index in [1.807, 2.05) is 4.90 Å². The molecule has 1 heterocycles. The van der Waals surface area contributed by atoms with E-state index in [0.29, 0.717) is 13.1 Å². The summed E-state index contributed by atoms with van der Waals surface area (Å²) in [7, 11) is 0. The van der Waals surface area contributed by atoms with Gasteiger partial charge in [0.2, 0.25) is 0 Å². The van der Waals surface area contributed by atoms with Gasteiger partial charge in [0.1, 0.15) is 11.6 Å². The van der Waals surface area contributed by atoms with Crippen LogP contribution in [0, 0.1) is 5.82 Å². The van der Waals surface area contributed by atoms with Crippen LogP contribution in [-0.4, -0.2) is 37.4 Å². The van der Waals surface area contributed by atoms with Crippen molar-refractivity contribution < 1.29 is 22.3 Å². The zero-order valence-corrected chi connectivity index (χ0v) is 11.3. The average molecular weight is 304 g/mol. The number of nitrogens with zero attached hydrogens (tertiary/aromatic N) is 1. The predicted molar refractivity (Wildman–Crippen MR) is 70.5 cm³/mol. The Morgan fingerprint density at radius 1 is 1.29 bits per heavy atom. The van der Waals surface area contributed by atoms with Gasteiger partial charge in [-0.25, -0.2) is 4.39 Å². The van der Waals surface area contributed by atoms with E-state index in [4.69, 9.17) is 0 Å². The third kappa shape index (κ3) is 4.18. The normalized spacial score (nSPS) is 18.3. The summed E-state index contributed by atoms with van der Waals surface area (Å²) in [5.41, 5.74) is 0.133. The molecule has 0 radical (unpaired) electrons. The van der Waals surface area contributed by atoms with E-state index in [1.54, 1.807) is 0 Å². The Hall–Kier alpha value is -1.60. The summed E-state index contributed by atoms with van der Waals surface area (Å²) in [6.07, 6.45) is -3.27. The third-order valence-electron chi connectivity index (χ3n) is 3.29. The van der Waals surface area contributed by atoms with Gasteiger partial charge in [-0.3, -0.25) is 4.90 Å². The van der Waals surface area contributed by atoms with Crippen LogP contribution in [0.5, 0.6) is 5.75 Å². The van der Waals surface area contributed by atoms with Gasteiger partial charge < -0.3 is 10.1 Å². The molecule has 0 spiro atoms. The SMILES string of the molecule is C=C[C@@H](c1cc(OC(F)(F)F)ccc1F)N1CCNCC1. The highest BCUT2D eigenvalue weighted by Gasteiger charge is 2.32. The monoisotopic (exact) mass is 304 g/mol. The smallest absolute Gasteiger partial charge is 0.406 e. The average Bonchev–Trinajstić information content (AvgIpc) is 2.43. The zero-order valence-electron chi connectivity index (χ0n) is 11.3. The van der Waals surface area contributed by atoms with Gasteiger partial charge in [0.15, 0.2) is 0 Å². The minimum absolute atomic E-state index is 0.133. The molecule has 0 aliphatic carbocycles. The Morgan fingerprint density at radius 3 is 2.52 bits per heavy atom. The number of alkyl halides is 3. The quantitative estimate of drug-likeness (QED) is 0.684. The Labute approximate surface area is 120 Å². The van der Waals surface area contributed by atoms with E-state index in [2.05, 4.69) is 16.6 Å². The lowest BCUT2D eigenvalue weighted by Crippen LogP contribution is -2.44. The number of ether oxygens (including phenoxy) is 1. The van der Waals surface area contributed by atoms with E-state index in [9.17, 15) is 17.6 Å². The highest BCUT2D eigenvalue weighted by atomic mass is 19.4. The first-order valence-electron chi connectivity index (χ1n) is 6.53. The van der Waals surface area contributed by atoms with E-state index >= 15 is 0 Å². The van der Waals surface area contributed by atoms with Crippen molar-refractivity contribution in [3.05, 3.63) is 42.2 Å². The summed E-state index contributed by atoms with van der Waals surface area (Å²) in [6, 6.07) is 2.54. The lowest BCUT2D eigenvalue weighted by atomic mass is 10.0. The maximum Gasteiger partial charge on any atom is 0.573 e. The van der Waals surface area contributed by atoms with Crippen molar-refractivity contribution in [3.8, 4) is 5.75 Å². The number of piperazine rings is 1. The molecular formula is C14H16F4N2O. The van der Waals surface area contributed by atoms with Crippen molar-refractivity contribution in [1.29, 1.82) is 0 Å². The third-order valence-corrected chi connectivity index (χ3v) is 3.29. The van der Waals surface area contributed by atoms with Crippen molar-refractivity contribution in [3.63, 3.8) is 0 Å². The topological polar surface area (TPSA) is 24.5 Å². The van der Waals surface area contributed by atoms with Crippen molar-refractivity contribution >= 4 is 0 Å². The van der Waals surface area contributed by atoms with Crippen molar-refractivity contribution in [2.75, 3.05) is 26.2 Å². The van der Waals surface area contributed by atoms with Gasteiger partial charge in [-0.15, -0.1) is 19.8 Å². The Morgan fingerprint density at radius 2 is 1.95 bits per heavy atom. The number of benzene rings is 1. The fourth-order valence-corrected chi connectivity index (χ4v) is 2.38. The van der Waals surface area contributed by atoms with Gasteiger partial charge in [-0.05, 0) is 18.2 Å². The summed E-state index contributed by atoms with van der Waals surface area (Å²) in [6.45, 7) is 6.48. The second-order valence-electron chi connectivity index (χ2n) is 4.70. The molecule has 0 aromatic heterocycles. The van der Waals surface area contributed by atoms with Crippen LogP contribution in [0.2, 0.25) is 0 Å². The number of hydrogen-bond acceptors (Lipinski definition) is 3. The number of nitrogens with one attached hydrogen (secondary N) is 1. The van der Waals surface area contributed by atoms with Gasteiger partial charge in [0, 0.05) is 31.7 Å². The lowest BCUT2D eigenvalue weighted by molar-refractivity contribution is -0.274. The molecule has 1 fully saturated rings. The van der Waals surface area contributed by atoms with Crippen LogP contribution in [0.15, 0.2) is 30.9 Å². The first-order valence-corrected chi connectivity index (χ1v) is 6.53. The second kappa shape index (κ2) is 6.44. The standard InChI is InChI=1S/C14H16F4N2O/c1-2-13(20-7-5-19-6-8-20)11-9-10(3-4-12(11)15)21-14(16,17)18/h2-4,9,13,19H,1,5-8H2/t13-/m0/s1. The van der Waals surface area contributed by atoms with Crippen LogP contribution >= 0.6 is 0 Å². The molecule has 7 heteroatoms. The van der Waals surface area contributed by atoms with Crippen molar-refractivity contribution in [2.24, 2.45) is 0 Å². The molecule has 0 saturated carbocycles. The minimum atomic E-state index is -4.80. The molecule has 1 atom stereocenters. The minimum Gasteiger partial charge on any atom is -0.406 e. The van der Waals surface area contributed by atoms with Crippen molar-refractivity contribution in [2.45, 2.75) is 12.4 Å². The molecule has 2 rings (SSSR count). The van der Waals surface area contributed by atoms with E-state index < -0.39 is 24.0 Å². The highest BCUT2D eigenvalue weighted by molar-refractivity contribution is 5.34. The maximum atomic E-state index is 14.0. The lowest BCUT2D eigenvalue weighted by Gasteiger charge is -2.33. The van der Waals surface area contributed by atoms with Crippen LogP contribution in [0.4, 0.5) is 17.6 Å². The summed E-state index contributed by atoms with van der Waals surface area (Å²) in [5, 5.41) is 3.16. The van der Waals surface area contributed by atoms with Gasteiger partial charge >= 0.3 is 6.36 Å². The fraction of sp³-hybridized carbons (Fsp3) is 0.429. The molecular weight excluding hydrogens is 288 g/mol. The molecule has 0 bridgehead atoms. The first kappa shape index (κ1) is 15.8. The second-order valence-corrected chi connectivity index (χ2v) is 4.70. The van der Waals surface area contributed by atoms with Crippen LogP contribution < -0.4 is 10.1 Å². The molecule has 1 aliphatic heterocycles. The fourth-order valence-electron chi connectivity index (χ4n) is 2.38. The maximum absolute atomic E-state index is 14.0. The van der Waals surface area contributed by atoms with Gasteiger partial charge in [0.25, 0.3) is 0 Å². The molecule has 1 aromatic carbocycles. The van der Waals surface area contributed by atoms with Crippen LogP contribution in [0.1, 0.15) is 11.6 Å². The molecule has 0 unspecified atom stereocenters. The zero-order chi connectivity index (χ0) is 15.5. The summed E-state index contributed by atoms with van der Waals surface area (Å²) in [4.78, 5) is 1.96. The summed E-state index contributed by atoms with van der Waals surface area (Å²) in [5.74, 6) is -1.01. The number of rotatable bonds is 4. The summed E-state index contributed by atoms with van der Waals surface area (Å²) >= 11 is 0. The highest BCUT2D eigenvalue weighted by Crippen LogP contribution is 2.30. The number of hydrogen-bond donors (Lipinski definition) is 1. The van der Waals surface area contributed by atoms with E-state index in [-0.39, 0.29) is 5.56 Å². The molecule has 21 heavy (non-hydrogen) atoms. The van der Waals surface area contributed by atoms with Crippen molar-refractivity contribution in [1.82, 2.24) is 10.2 Å². The molecule has 1 N–H and O–H groups in total. The van der Waals surface area contributed by atoms with Gasteiger partial charge in [-0.2, -0.15) is 0 Å². The molecule has 1 aromatic rings. The molecule has 1 saturated heterocycles. The predicted octanol–water partition coefficient (Wildman–Crippen LogP) is 2.86. The van der Waals surface area contributed by atoms with E-state index in [0.717, 1.165) is 31.3 Å². The largest absolute Gasteiger partial charge is 0.573 e. The molecule has 1 aliphatic rings.